The van der Waals surface area contributed by atoms with E-state index in [2.05, 4.69) is 4.98 Å². The SMILES string of the molecule is CC(C)(C)C(=O)Cc1ccc[nH+]c1.O=C[O-]. The Kier molecular flexibility index (Phi) is 6.00. The minimum atomic E-state index is -0.500. The van der Waals surface area contributed by atoms with Crippen LogP contribution in [0.4, 0.5) is 0 Å². The van der Waals surface area contributed by atoms with Crippen molar-refractivity contribution < 1.29 is 19.7 Å². The highest BCUT2D eigenvalue weighted by atomic mass is 16.3. The second-order valence-electron chi connectivity index (χ2n) is 4.36. The zero-order valence-electron chi connectivity index (χ0n) is 9.82. The first-order chi connectivity index (χ1) is 7.41. The topological polar surface area (TPSA) is 71.3 Å². The molecule has 0 atom stereocenters. The van der Waals surface area contributed by atoms with Crippen molar-refractivity contribution in [1.82, 2.24) is 0 Å². The summed E-state index contributed by atoms with van der Waals surface area (Å²) in [6.07, 6.45) is 4.22. The summed E-state index contributed by atoms with van der Waals surface area (Å²) >= 11 is 0. The summed E-state index contributed by atoms with van der Waals surface area (Å²) in [5.41, 5.74) is 0.804. The van der Waals surface area contributed by atoms with Gasteiger partial charge in [-0.15, -0.1) is 0 Å². The average Bonchev–Trinajstić information content (AvgIpc) is 2.19. The van der Waals surface area contributed by atoms with Gasteiger partial charge in [0.25, 0.3) is 0 Å². The van der Waals surface area contributed by atoms with Crippen LogP contribution in [-0.2, 0) is 16.0 Å². The number of aromatic nitrogens is 1. The summed E-state index contributed by atoms with van der Waals surface area (Å²) in [5.74, 6) is 0.270. The number of H-pyrrole nitrogens is 1. The van der Waals surface area contributed by atoms with Crippen LogP contribution in [0.25, 0.3) is 0 Å². The van der Waals surface area contributed by atoms with Gasteiger partial charge in [-0.3, -0.25) is 4.79 Å². The Morgan fingerprint density at radius 2 is 2.06 bits per heavy atom. The molecule has 0 aliphatic carbocycles. The van der Waals surface area contributed by atoms with Crippen LogP contribution in [0.3, 0.4) is 0 Å². The van der Waals surface area contributed by atoms with Crippen molar-refractivity contribution in [3.05, 3.63) is 30.1 Å². The number of hydrogen-bond donors (Lipinski definition) is 0. The van der Waals surface area contributed by atoms with E-state index in [9.17, 15) is 4.79 Å². The molecule has 1 N–H and O–H groups in total. The Bertz CT molecular complexity index is 328. The molecule has 4 nitrogen and oxygen atoms in total. The summed E-state index contributed by atoms with van der Waals surface area (Å²) in [5, 5.41) is 8.25. The van der Waals surface area contributed by atoms with Gasteiger partial charge in [-0.05, 0) is 6.07 Å². The molecule has 1 aromatic heterocycles. The highest BCUT2D eigenvalue weighted by molar-refractivity contribution is 5.85. The van der Waals surface area contributed by atoms with Crippen LogP contribution in [0.5, 0.6) is 0 Å². The van der Waals surface area contributed by atoms with Gasteiger partial charge in [0.05, 0.1) is 0 Å². The number of carboxylic acid groups (broad SMARTS) is 1. The predicted octanol–water partition coefficient (Wildman–Crippen LogP) is 0.0245. The van der Waals surface area contributed by atoms with E-state index in [1.54, 1.807) is 0 Å². The molecular weight excluding hydrogens is 206 g/mol. The van der Waals surface area contributed by atoms with Crippen LogP contribution in [-0.4, -0.2) is 12.3 Å². The molecule has 0 spiro atoms. The van der Waals surface area contributed by atoms with E-state index in [0.29, 0.717) is 6.42 Å². The Morgan fingerprint density at radius 3 is 2.44 bits per heavy atom. The standard InChI is InChI=1S/C11H15NO.CH2O2/c1-11(2,3)10(13)7-9-5-4-6-12-8-9;2-1-3/h4-6,8H,7H2,1-3H3;1H,(H,2,3). The zero-order chi connectivity index (χ0) is 12.6. The fourth-order valence-electron chi connectivity index (χ4n) is 0.991. The summed E-state index contributed by atoms with van der Waals surface area (Å²) in [6.45, 7) is 5.34. The molecule has 0 bridgehead atoms. The summed E-state index contributed by atoms with van der Waals surface area (Å²) in [4.78, 5) is 22.8. The molecule has 88 valence electrons. The lowest BCUT2D eigenvalue weighted by Crippen LogP contribution is -2.22. The molecule has 1 heterocycles. The van der Waals surface area contributed by atoms with Gasteiger partial charge in [0, 0.05) is 29.9 Å². The molecule has 0 unspecified atom stereocenters. The zero-order valence-corrected chi connectivity index (χ0v) is 9.82. The molecule has 0 saturated carbocycles. The number of nitrogens with one attached hydrogen (secondary N) is 1. The van der Waals surface area contributed by atoms with E-state index < -0.39 is 6.47 Å². The molecular formula is C12H17NO3. The largest absolute Gasteiger partial charge is 0.554 e. The minimum absolute atomic E-state index is 0.240. The van der Waals surface area contributed by atoms with Crippen molar-refractivity contribution in [3.8, 4) is 0 Å². The van der Waals surface area contributed by atoms with E-state index in [4.69, 9.17) is 9.90 Å². The molecule has 0 fully saturated rings. The summed E-state index contributed by atoms with van der Waals surface area (Å²) in [7, 11) is 0. The van der Waals surface area contributed by atoms with Crippen LogP contribution < -0.4 is 10.1 Å². The second kappa shape index (κ2) is 6.71. The second-order valence-corrected chi connectivity index (χ2v) is 4.36. The van der Waals surface area contributed by atoms with Gasteiger partial charge >= 0.3 is 0 Å². The number of aromatic amines is 1. The first-order valence-electron chi connectivity index (χ1n) is 4.95. The van der Waals surface area contributed by atoms with Gasteiger partial charge in [-0.25, -0.2) is 4.98 Å². The molecule has 1 rings (SSSR count). The number of Topliss-reactive ketones (excluding diaryl/α,β-unsaturated/α-hetero) is 1. The summed E-state index contributed by atoms with van der Waals surface area (Å²) in [6, 6.07) is 3.87. The Balaban J connectivity index is 0.000000673. The van der Waals surface area contributed by atoms with Crippen molar-refractivity contribution in [3.63, 3.8) is 0 Å². The molecule has 0 aromatic carbocycles. The lowest BCUT2D eigenvalue weighted by atomic mass is 9.87. The smallest absolute Gasteiger partial charge is 0.170 e. The normalized spacial score (nSPS) is 9.94. The van der Waals surface area contributed by atoms with E-state index in [0.717, 1.165) is 5.56 Å². The van der Waals surface area contributed by atoms with Crippen LogP contribution in [0.15, 0.2) is 24.5 Å². The van der Waals surface area contributed by atoms with Crippen LogP contribution in [0.1, 0.15) is 26.3 Å². The van der Waals surface area contributed by atoms with E-state index in [1.807, 2.05) is 45.3 Å². The van der Waals surface area contributed by atoms with Gasteiger partial charge < -0.3 is 9.90 Å². The van der Waals surface area contributed by atoms with Crippen molar-refractivity contribution >= 4 is 12.3 Å². The van der Waals surface area contributed by atoms with Gasteiger partial charge in [0.15, 0.2) is 12.4 Å². The predicted molar refractivity (Wildman–Crippen MR) is 57.2 cm³/mol. The fourth-order valence-corrected chi connectivity index (χ4v) is 0.991. The van der Waals surface area contributed by atoms with E-state index >= 15 is 0 Å². The first kappa shape index (κ1) is 14.3. The maximum Gasteiger partial charge on any atom is 0.170 e. The quantitative estimate of drug-likeness (QED) is 0.664. The third-order valence-corrected chi connectivity index (χ3v) is 1.97. The molecule has 0 aliphatic heterocycles. The number of rotatable bonds is 2. The molecule has 0 saturated heterocycles. The lowest BCUT2D eigenvalue weighted by Gasteiger charge is -2.15. The minimum Gasteiger partial charge on any atom is -0.554 e. The monoisotopic (exact) mass is 223 g/mol. The van der Waals surface area contributed by atoms with E-state index in [-0.39, 0.29) is 11.2 Å². The third-order valence-electron chi connectivity index (χ3n) is 1.97. The number of hydrogen-bond acceptors (Lipinski definition) is 3. The molecule has 1 aromatic rings. The number of carbonyl (C=O) groups is 2. The molecule has 4 heteroatoms. The fraction of sp³-hybridized carbons (Fsp3) is 0.417. The number of pyridine rings is 1. The summed E-state index contributed by atoms with van der Waals surface area (Å²) < 4.78 is 0. The highest BCUT2D eigenvalue weighted by Crippen LogP contribution is 2.16. The Morgan fingerprint density at radius 1 is 1.50 bits per heavy atom. The third kappa shape index (κ3) is 5.90. The molecule has 0 amide bonds. The van der Waals surface area contributed by atoms with Gasteiger partial charge in [-0.1, -0.05) is 20.8 Å². The Labute approximate surface area is 95.3 Å². The molecule has 0 radical (unpaired) electrons. The van der Waals surface area contributed by atoms with Crippen molar-refractivity contribution in [2.45, 2.75) is 27.2 Å². The maximum atomic E-state index is 11.6. The van der Waals surface area contributed by atoms with Gasteiger partial charge in [0.1, 0.15) is 5.78 Å². The molecule has 16 heavy (non-hydrogen) atoms. The van der Waals surface area contributed by atoms with Gasteiger partial charge in [-0.2, -0.15) is 0 Å². The van der Waals surface area contributed by atoms with Crippen LogP contribution in [0, 0.1) is 5.41 Å². The van der Waals surface area contributed by atoms with Crippen LogP contribution in [0.2, 0.25) is 0 Å². The van der Waals surface area contributed by atoms with Crippen molar-refractivity contribution in [1.29, 1.82) is 0 Å². The lowest BCUT2D eigenvalue weighted by molar-refractivity contribution is -0.378. The number of ketones is 1. The van der Waals surface area contributed by atoms with Gasteiger partial charge in [0.2, 0.25) is 0 Å². The maximum absolute atomic E-state index is 11.6. The average molecular weight is 223 g/mol. The highest BCUT2D eigenvalue weighted by Gasteiger charge is 2.21. The molecule has 0 aliphatic rings. The van der Waals surface area contributed by atoms with Crippen molar-refractivity contribution in [2.75, 3.05) is 0 Å². The first-order valence-corrected chi connectivity index (χ1v) is 4.95. The van der Waals surface area contributed by atoms with Crippen LogP contribution >= 0.6 is 0 Å². The number of carbonyl (C=O) groups excluding carboxylic acids is 2. The van der Waals surface area contributed by atoms with Crippen molar-refractivity contribution in [2.24, 2.45) is 5.41 Å². The van der Waals surface area contributed by atoms with E-state index in [1.165, 1.54) is 0 Å². The Hall–Kier alpha value is -1.71.